The molecule has 1 aromatic carbocycles. The highest BCUT2D eigenvalue weighted by molar-refractivity contribution is 5.54. The van der Waals surface area contributed by atoms with E-state index in [-0.39, 0.29) is 0 Å². The molecule has 0 aromatic heterocycles. The average Bonchev–Trinajstić information content (AvgIpc) is 2.88. The summed E-state index contributed by atoms with van der Waals surface area (Å²) >= 11 is 0. The zero-order valence-electron chi connectivity index (χ0n) is 13.4. The van der Waals surface area contributed by atoms with Crippen LogP contribution in [-0.4, -0.2) is 0 Å². The van der Waals surface area contributed by atoms with Gasteiger partial charge in [0.15, 0.2) is 0 Å². The molecule has 0 heteroatoms. The van der Waals surface area contributed by atoms with Crippen molar-refractivity contribution in [2.45, 2.75) is 85.5 Å². The second-order valence-corrected chi connectivity index (χ2v) is 5.93. The van der Waals surface area contributed by atoms with E-state index in [2.05, 4.69) is 27.7 Å². The Hall–Kier alpha value is -0.780. The van der Waals surface area contributed by atoms with Crippen molar-refractivity contribution in [3.63, 3.8) is 0 Å². The lowest BCUT2D eigenvalue weighted by molar-refractivity contribution is 0.821. The molecule has 2 rings (SSSR count). The van der Waals surface area contributed by atoms with Crippen molar-refractivity contribution in [1.82, 2.24) is 0 Å². The molecule has 0 bridgehead atoms. The van der Waals surface area contributed by atoms with Crippen LogP contribution in [0.2, 0.25) is 0 Å². The summed E-state index contributed by atoms with van der Waals surface area (Å²) in [6.45, 7) is 9.37. The molecule has 1 aliphatic rings. The summed E-state index contributed by atoms with van der Waals surface area (Å²) in [7, 11) is 0. The van der Waals surface area contributed by atoms with Crippen LogP contribution in [0.1, 0.15) is 80.3 Å². The first-order chi connectivity index (χ1) is 9.28. The summed E-state index contributed by atoms with van der Waals surface area (Å²) in [5.74, 6) is 0. The van der Waals surface area contributed by atoms with Crippen LogP contribution in [0, 0.1) is 0 Å². The van der Waals surface area contributed by atoms with Crippen LogP contribution in [-0.2, 0) is 38.5 Å². The molecule has 1 aliphatic carbocycles. The molecular weight excluding hydrogens is 228 g/mol. The fraction of sp³-hybridized carbons (Fsp3) is 0.684. The Morgan fingerprint density at radius 3 is 1.37 bits per heavy atom. The zero-order valence-corrected chi connectivity index (χ0v) is 13.4. The van der Waals surface area contributed by atoms with E-state index in [1.54, 1.807) is 33.4 Å². The lowest BCUT2D eigenvalue weighted by atomic mass is 9.82. The maximum atomic E-state index is 2.36. The summed E-state index contributed by atoms with van der Waals surface area (Å²) in [4.78, 5) is 0. The number of hydrogen-bond acceptors (Lipinski definition) is 0. The van der Waals surface area contributed by atoms with Gasteiger partial charge in [-0.2, -0.15) is 0 Å². The highest BCUT2D eigenvalue weighted by atomic mass is 14.3. The summed E-state index contributed by atoms with van der Waals surface area (Å²) in [6.07, 6.45) is 11.7. The maximum Gasteiger partial charge on any atom is -0.0270 e. The summed E-state index contributed by atoms with van der Waals surface area (Å²) in [6, 6.07) is 0. The van der Waals surface area contributed by atoms with Crippen LogP contribution in [0.25, 0.3) is 0 Å². The maximum absolute atomic E-state index is 2.36. The van der Waals surface area contributed by atoms with Crippen molar-refractivity contribution < 1.29 is 0 Å². The lowest BCUT2D eigenvalue weighted by Gasteiger charge is -2.23. The molecule has 0 saturated carbocycles. The Bertz CT molecular complexity index is 399. The Labute approximate surface area is 119 Å². The normalized spacial score (nSPS) is 13.9. The third-order valence-electron chi connectivity index (χ3n) is 4.75. The van der Waals surface area contributed by atoms with Gasteiger partial charge < -0.3 is 0 Å². The van der Waals surface area contributed by atoms with Gasteiger partial charge in [-0.1, -0.05) is 40.5 Å². The summed E-state index contributed by atoms with van der Waals surface area (Å²) in [5.41, 5.74) is 10.4. The van der Waals surface area contributed by atoms with Crippen molar-refractivity contribution in [2.24, 2.45) is 0 Å². The van der Waals surface area contributed by atoms with Crippen molar-refractivity contribution in [2.75, 3.05) is 0 Å². The van der Waals surface area contributed by atoms with Crippen molar-refractivity contribution in [3.05, 3.63) is 33.4 Å². The quantitative estimate of drug-likeness (QED) is 0.657. The molecule has 0 radical (unpaired) electrons. The summed E-state index contributed by atoms with van der Waals surface area (Å²) < 4.78 is 0. The van der Waals surface area contributed by atoms with Crippen LogP contribution in [0.4, 0.5) is 0 Å². The van der Waals surface area contributed by atoms with Crippen LogP contribution in [0.3, 0.4) is 0 Å². The van der Waals surface area contributed by atoms with Crippen LogP contribution >= 0.6 is 0 Å². The van der Waals surface area contributed by atoms with E-state index < -0.39 is 0 Å². The lowest BCUT2D eigenvalue weighted by Crippen LogP contribution is -2.10. The first kappa shape index (κ1) is 14.6. The molecule has 0 atom stereocenters. The molecular formula is C19H30. The molecule has 1 aromatic rings. The second kappa shape index (κ2) is 6.59. The Morgan fingerprint density at radius 2 is 1.05 bits per heavy atom. The van der Waals surface area contributed by atoms with Gasteiger partial charge >= 0.3 is 0 Å². The molecule has 0 fully saturated rings. The molecule has 0 N–H and O–H groups in total. The predicted molar refractivity (Wildman–Crippen MR) is 85.2 cm³/mol. The SMILES string of the molecule is CCCc1c(CC)c2c(c(CC)c1CCC)CCC2. The van der Waals surface area contributed by atoms with E-state index in [1.165, 1.54) is 57.8 Å². The number of benzene rings is 1. The molecule has 0 saturated heterocycles. The van der Waals surface area contributed by atoms with Gasteiger partial charge in [-0.15, -0.1) is 0 Å². The fourth-order valence-corrected chi connectivity index (χ4v) is 4.10. The number of hydrogen-bond donors (Lipinski definition) is 0. The number of rotatable bonds is 6. The van der Waals surface area contributed by atoms with Crippen molar-refractivity contribution >= 4 is 0 Å². The zero-order chi connectivity index (χ0) is 13.8. The van der Waals surface area contributed by atoms with E-state index in [4.69, 9.17) is 0 Å². The molecule has 0 aliphatic heterocycles. The third kappa shape index (κ3) is 2.59. The van der Waals surface area contributed by atoms with E-state index in [0.717, 1.165) is 0 Å². The van der Waals surface area contributed by atoms with E-state index in [1.807, 2.05) is 0 Å². The van der Waals surface area contributed by atoms with E-state index in [9.17, 15) is 0 Å². The Kier molecular flexibility index (Phi) is 5.07. The van der Waals surface area contributed by atoms with Crippen molar-refractivity contribution in [1.29, 1.82) is 0 Å². The van der Waals surface area contributed by atoms with Gasteiger partial charge in [0.05, 0.1) is 0 Å². The van der Waals surface area contributed by atoms with Gasteiger partial charge in [-0.3, -0.25) is 0 Å². The number of fused-ring (bicyclic) bond motifs is 1. The Balaban J connectivity index is 2.67. The van der Waals surface area contributed by atoms with E-state index >= 15 is 0 Å². The highest BCUT2D eigenvalue weighted by Crippen LogP contribution is 2.36. The van der Waals surface area contributed by atoms with Crippen LogP contribution in [0.5, 0.6) is 0 Å². The van der Waals surface area contributed by atoms with Gasteiger partial charge in [0.25, 0.3) is 0 Å². The van der Waals surface area contributed by atoms with E-state index in [0.29, 0.717) is 0 Å². The standard InChI is InChI=1S/C19H30/c1-5-10-16-14(7-3)18-12-9-13-19(18)15(8-4)17(16)11-6-2/h5-13H2,1-4H3. The van der Waals surface area contributed by atoms with Gasteiger partial charge in [-0.05, 0) is 78.3 Å². The molecule has 0 nitrogen and oxygen atoms in total. The first-order valence-corrected chi connectivity index (χ1v) is 8.45. The van der Waals surface area contributed by atoms with Gasteiger partial charge in [-0.25, -0.2) is 0 Å². The predicted octanol–water partition coefficient (Wildman–Crippen LogP) is 5.21. The van der Waals surface area contributed by atoms with Gasteiger partial charge in [0.1, 0.15) is 0 Å². The first-order valence-electron chi connectivity index (χ1n) is 8.45. The molecule has 106 valence electrons. The molecule has 0 heterocycles. The highest BCUT2D eigenvalue weighted by Gasteiger charge is 2.23. The summed E-state index contributed by atoms with van der Waals surface area (Å²) in [5, 5.41) is 0. The molecule has 0 spiro atoms. The molecule has 0 amide bonds. The minimum absolute atomic E-state index is 1.23. The minimum Gasteiger partial charge on any atom is -0.0651 e. The van der Waals surface area contributed by atoms with Gasteiger partial charge in [0, 0.05) is 0 Å². The topological polar surface area (TPSA) is 0 Å². The fourth-order valence-electron chi connectivity index (χ4n) is 4.10. The third-order valence-corrected chi connectivity index (χ3v) is 4.75. The largest absolute Gasteiger partial charge is 0.0651 e. The monoisotopic (exact) mass is 258 g/mol. The average molecular weight is 258 g/mol. The molecule has 0 unspecified atom stereocenters. The van der Waals surface area contributed by atoms with Crippen molar-refractivity contribution in [3.8, 4) is 0 Å². The van der Waals surface area contributed by atoms with Crippen LogP contribution < -0.4 is 0 Å². The smallest absolute Gasteiger partial charge is 0.0270 e. The van der Waals surface area contributed by atoms with Gasteiger partial charge in [0.2, 0.25) is 0 Å². The second-order valence-electron chi connectivity index (χ2n) is 5.93. The molecule has 19 heavy (non-hydrogen) atoms. The Morgan fingerprint density at radius 1 is 0.632 bits per heavy atom. The minimum atomic E-state index is 1.23. The van der Waals surface area contributed by atoms with Crippen LogP contribution in [0.15, 0.2) is 0 Å².